The first-order valence-corrected chi connectivity index (χ1v) is 6.89. The Hall–Kier alpha value is -2.42. The number of nitrogens with zero attached hydrogens (tertiary/aromatic N) is 2. The number of methoxy groups -OCH3 is 1. The number of alkyl halides is 3. The van der Waals surface area contributed by atoms with Gasteiger partial charge in [0.2, 0.25) is 5.88 Å². The molecule has 1 heterocycles. The van der Waals surface area contributed by atoms with E-state index in [1.807, 2.05) is 0 Å². The van der Waals surface area contributed by atoms with E-state index in [2.05, 4.69) is 14.6 Å². The summed E-state index contributed by atoms with van der Waals surface area (Å²) in [5.41, 5.74) is 0.820. The second-order valence-electron chi connectivity index (χ2n) is 4.56. The van der Waals surface area contributed by atoms with Gasteiger partial charge in [-0.05, 0) is 19.1 Å². The molecule has 0 aliphatic heterocycles. The molecule has 1 aromatic heterocycles. The number of carbonyl (C=O) groups is 1. The lowest BCUT2D eigenvalue weighted by Gasteiger charge is -2.12. The maximum Gasteiger partial charge on any atom is 0.573 e. The number of hydrogen-bond acceptors (Lipinski definition) is 5. The minimum atomic E-state index is -4.82. The monoisotopic (exact) mass is 364 g/mol. The topological polar surface area (TPSA) is 62.6 Å². The Balaban J connectivity index is 2.30. The van der Waals surface area contributed by atoms with Crippen LogP contribution in [0.5, 0.6) is 11.6 Å². The van der Waals surface area contributed by atoms with Crippen molar-refractivity contribution < 1.29 is 32.2 Å². The summed E-state index contributed by atoms with van der Waals surface area (Å²) in [6, 6.07) is 4.93. The second-order valence-corrected chi connectivity index (χ2v) is 4.97. The summed E-state index contributed by atoms with van der Waals surface area (Å²) < 4.78 is 51.5. The van der Waals surface area contributed by atoms with E-state index in [0.717, 1.165) is 12.1 Å². The molecule has 0 aliphatic rings. The van der Waals surface area contributed by atoms with Crippen LogP contribution in [-0.2, 0) is 9.53 Å². The van der Waals surface area contributed by atoms with Crippen molar-refractivity contribution in [2.24, 2.45) is 0 Å². The molecule has 10 heteroatoms. The van der Waals surface area contributed by atoms with Crippen LogP contribution in [0.1, 0.15) is 5.69 Å². The highest BCUT2D eigenvalue weighted by Gasteiger charge is 2.31. The minimum absolute atomic E-state index is 0.0391. The van der Waals surface area contributed by atoms with Crippen LogP contribution in [0.3, 0.4) is 0 Å². The van der Waals surface area contributed by atoms with Gasteiger partial charge >= 0.3 is 12.3 Å². The number of ether oxygens (including phenoxy) is 3. The minimum Gasteiger partial charge on any atom is -0.466 e. The Morgan fingerprint density at radius 2 is 2.04 bits per heavy atom. The van der Waals surface area contributed by atoms with Crippen LogP contribution in [0.15, 0.2) is 24.3 Å². The Kier molecular flexibility index (Phi) is 5.23. The summed E-state index contributed by atoms with van der Waals surface area (Å²) >= 11 is 6.01. The van der Waals surface area contributed by atoms with Crippen LogP contribution in [0.25, 0.3) is 5.69 Å². The molecule has 2 aromatic rings. The number of rotatable bonds is 5. The van der Waals surface area contributed by atoms with Crippen molar-refractivity contribution in [3.05, 3.63) is 35.0 Å². The summed E-state index contributed by atoms with van der Waals surface area (Å²) in [6.45, 7) is 1.32. The molecule has 130 valence electrons. The van der Waals surface area contributed by atoms with Crippen molar-refractivity contribution in [3.63, 3.8) is 0 Å². The number of hydrogen-bond donors (Lipinski definition) is 0. The molecular weight excluding hydrogens is 353 g/mol. The highest BCUT2D eigenvalue weighted by Crippen LogP contribution is 2.31. The van der Waals surface area contributed by atoms with Gasteiger partial charge in [-0.25, -0.2) is 4.79 Å². The Labute approximate surface area is 139 Å². The van der Waals surface area contributed by atoms with E-state index < -0.39 is 18.1 Å². The van der Waals surface area contributed by atoms with Gasteiger partial charge in [-0.3, -0.25) is 0 Å². The average Bonchev–Trinajstić information content (AvgIpc) is 2.84. The molecular formula is C14H12ClF3N2O4. The van der Waals surface area contributed by atoms with E-state index in [-0.39, 0.29) is 23.2 Å². The van der Waals surface area contributed by atoms with Gasteiger partial charge in [0.15, 0.2) is 6.61 Å². The number of carbonyl (C=O) groups excluding carboxylic acids is 1. The molecule has 0 radical (unpaired) electrons. The second kappa shape index (κ2) is 7.00. The average molecular weight is 365 g/mol. The molecule has 24 heavy (non-hydrogen) atoms. The summed E-state index contributed by atoms with van der Waals surface area (Å²) in [6.07, 6.45) is -4.82. The number of esters is 1. The Morgan fingerprint density at radius 1 is 1.33 bits per heavy atom. The van der Waals surface area contributed by atoms with Crippen LogP contribution in [0, 0.1) is 6.92 Å². The van der Waals surface area contributed by atoms with Crippen molar-refractivity contribution in [1.29, 1.82) is 0 Å². The van der Waals surface area contributed by atoms with Crippen molar-refractivity contribution in [1.82, 2.24) is 9.78 Å². The molecule has 2 rings (SSSR count). The smallest absolute Gasteiger partial charge is 0.466 e. The molecule has 0 atom stereocenters. The summed E-state index contributed by atoms with van der Waals surface area (Å²) in [4.78, 5) is 11.2. The van der Waals surface area contributed by atoms with Gasteiger partial charge in [-0.15, -0.1) is 13.2 Å². The van der Waals surface area contributed by atoms with Gasteiger partial charge < -0.3 is 14.2 Å². The molecule has 0 saturated carbocycles. The number of aromatic nitrogens is 2. The maximum absolute atomic E-state index is 12.2. The lowest BCUT2D eigenvalue weighted by Crippen LogP contribution is -2.17. The van der Waals surface area contributed by atoms with Crippen LogP contribution >= 0.6 is 11.6 Å². The predicted octanol–water partition coefficient (Wildman–Crippen LogP) is 3.28. The van der Waals surface area contributed by atoms with Crippen molar-refractivity contribution in [2.45, 2.75) is 13.3 Å². The molecule has 0 unspecified atom stereocenters. The summed E-state index contributed by atoms with van der Waals surface area (Å²) in [5, 5.41) is 4.10. The van der Waals surface area contributed by atoms with Gasteiger partial charge in [0.05, 0.1) is 23.5 Å². The van der Waals surface area contributed by atoms with E-state index in [1.165, 1.54) is 17.9 Å². The fraction of sp³-hybridized carbons (Fsp3) is 0.286. The number of halogens is 4. The quantitative estimate of drug-likeness (QED) is 0.762. The lowest BCUT2D eigenvalue weighted by atomic mass is 10.3. The highest BCUT2D eigenvalue weighted by atomic mass is 35.5. The molecule has 0 N–H and O–H groups in total. The Morgan fingerprint density at radius 3 is 2.62 bits per heavy atom. The largest absolute Gasteiger partial charge is 0.573 e. The third-order valence-corrected chi connectivity index (χ3v) is 3.05. The van der Waals surface area contributed by atoms with E-state index >= 15 is 0 Å². The fourth-order valence-electron chi connectivity index (χ4n) is 1.80. The zero-order valence-corrected chi connectivity index (χ0v) is 13.3. The molecule has 0 amide bonds. The zero-order valence-electron chi connectivity index (χ0n) is 12.6. The molecule has 0 bridgehead atoms. The van der Waals surface area contributed by atoms with E-state index in [0.29, 0.717) is 5.69 Å². The van der Waals surface area contributed by atoms with Gasteiger partial charge in [-0.2, -0.15) is 9.78 Å². The van der Waals surface area contributed by atoms with Crippen molar-refractivity contribution in [2.75, 3.05) is 13.7 Å². The fourth-order valence-corrected chi connectivity index (χ4v) is 2.05. The first kappa shape index (κ1) is 17.9. The standard InChI is InChI=1S/C14H12ClF3N2O4/c1-8-5-12(23-7-13(21)22-2)20(19-8)11-4-3-9(6-10(11)15)24-14(16,17)18/h3-6H,7H2,1-2H3. The third kappa shape index (κ3) is 4.54. The van der Waals surface area contributed by atoms with Crippen LogP contribution < -0.4 is 9.47 Å². The predicted molar refractivity (Wildman–Crippen MR) is 77.5 cm³/mol. The van der Waals surface area contributed by atoms with Crippen LogP contribution in [-0.4, -0.2) is 35.8 Å². The number of aryl methyl sites for hydroxylation is 1. The molecule has 0 spiro atoms. The van der Waals surface area contributed by atoms with Crippen LogP contribution in [0.2, 0.25) is 5.02 Å². The number of benzene rings is 1. The van der Waals surface area contributed by atoms with Gasteiger partial charge in [0, 0.05) is 12.1 Å². The van der Waals surface area contributed by atoms with Crippen molar-refractivity contribution >= 4 is 17.6 Å². The first-order chi connectivity index (χ1) is 11.2. The van der Waals surface area contributed by atoms with E-state index in [1.54, 1.807) is 13.0 Å². The molecule has 0 saturated heterocycles. The molecule has 0 fully saturated rings. The molecule has 0 aliphatic carbocycles. The van der Waals surface area contributed by atoms with Gasteiger partial charge in [0.25, 0.3) is 0 Å². The van der Waals surface area contributed by atoms with Gasteiger partial charge in [-0.1, -0.05) is 11.6 Å². The van der Waals surface area contributed by atoms with E-state index in [9.17, 15) is 18.0 Å². The van der Waals surface area contributed by atoms with Crippen molar-refractivity contribution in [3.8, 4) is 17.3 Å². The lowest BCUT2D eigenvalue weighted by molar-refractivity contribution is -0.274. The molecule has 1 aromatic carbocycles. The zero-order chi connectivity index (χ0) is 17.9. The Bertz CT molecular complexity index is 746. The summed E-state index contributed by atoms with van der Waals surface area (Å²) in [5.74, 6) is -0.873. The van der Waals surface area contributed by atoms with Gasteiger partial charge in [0.1, 0.15) is 5.75 Å². The van der Waals surface area contributed by atoms with Crippen LogP contribution in [0.4, 0.5) is 13.2 Å². The molecule has 6 nitrogen and oxygen atoms in total. The third-order valence-electron chi connectivity index (χ3n) is 2.75. The normalized spacial score (nSPS) is 11.2. The van der Waals surface area contributed by atoms with E-state index in [4.69, 9.17) is 16.3 Å². The SMILES string of the molecule is COC(=O)COc1cc(C)nn1-c1ccc(OC(F)(F)F)cc1Cl. The highest BCUT2D eigenvalue weighted by molar-refractivity contribution is 6.32. The first-order valence-electron chi connectivity index (χ1n) is 6.51. The maximum atomic E-state index is 12.2. The summed E-state index contributed by atoms with van der Waals surface area (Å²) in [7, 11) is 1.21.